The zero-order valence-electron chi connectivity index (χ0n) is 15.3. The Hall–Kier alpha value is -0.440. The molecule has 2 rings (SSSR count). The Labute approximate surface area is 167 Å². The van der Waals surface area contributed by atoms with Crippen LogP contribution in [-0.4, -0.2) is 46.4 Å². The molecule has 0 bridgehead atoms. The highest BCUT2D eigenvalue weighted by Crippen LogP contribution is 2.27. The van der Waals surface area contributed by atoms with Gasteiger partial charge in [-0.25, -0.2) is 0 Å². The molecule has 1 saturated carbocycles. The Morgan fingerprint density at radius 1 is 1.42 bits per heavy atom. The Bertz CT molecular complexity index is 517. The molecule has 1 aromatic heterocycles. The predicted octanol–water partition coefficient (Wildman–Crippen LogP) is 3.35. The lowest BCUT2D eigenvalue weighted by atomic mass is 10.2. The maximum absolute atomic E-state index is 4.73. The lowest BCUT2D eigenvalue weighted by Gasteiger charge is -2.17. The maximum Gasteiger partial charge on any atom is 0.191 e. The molecule has 24 heavy (non-hydrogen) atoms. The number of hydrogen-bond acceptors (Lipinski definition) is 3. The van der Waals surface area contributed by atoms with Crippen LogP contribution in [0.1, 0.15) is 44.0 Å². The first-order valence-corrected chi connectivity index (χ1v) is 9.99. The van der Waals surface area contributed by atoms with Crippen molar-refractivity contribution in [2.75, 3.05) is 19.3 Å². The fourth-order valence-corrected chi connectivity index (χ4v) is 3.91. The number of guanidine groups is 1. The molecule has 2 unspecified atom stereocenters. The van der Waals surface area contributed by atoms with Gasteiger partial charge in [-0.2, -0.15) is 16.9 Å². The van der Waals surface area contributed by atoms with Gasteiger partial charge in [0.1, 0.15) is 0 Å². The van der Waals surface area contributed by atoms with E-state index in [1.54, 1.807) is 0 Å². The molecule has 0 spiro atoms. The van der Waals surface area contributed by atoms with E-state index < -0.39 is 0 Å². The van der Waals surface area contributed by atoms with Crippen molar-refractivity contribution in [1.29, 1.82) is 0 Å². The Morgan fingerprint density at radius 2 is 2.21 bits per heavy atom. The molecule has 0 amide bonds. The summed E-state index contributed by atoms with van der Waals surface area (Å²) in [4.78, 5) is 4.73. The molecule has 1 aliphatic carbocycles. The molecule has 7 heteroatoms. The zero-order valence-corrected chi connectivity index (χ0v) is 18.5. The fraction of sp³-hybridized carbons (Fsp3) is 0.765. The smallest absolute Gasteiger partial charge is 0.191 e. The van der Waals surface area contributed by atoms with Crippen LogP contribution >= 0.6 is 35.7 Å². The molecule has 0 saturated heterocycles. The number of nitrogens with one attached hydrogen (secondary N) is 2. The molecule has 1 aliphatic rings. The molecule has 0 radical (unpaired) electrons. The topological polar surface area (TPSA) is 54.2 Å². The predicted molar refractivity (Wildman–Crippen MR) is 116 cm³/mol. The molecule has 5 nitrogen and oxygen atoms in total. The van der Waals surface area contributed by atoms with Gasteiger partial charge in [-0.05, 0) is 58.8 Å². The largest absolute Gasteiger partial charge is 0.357 e. The summed E-state index contributed by atoms with van der Waals surface area (Å²) in [6.07, 6.45) is 7.04. The normalized spacial score (nSPS) is 20.8. The molecule has 2 atom stereocenters. The number of rotatable bonds is 7. The van der Waals surface area contributed by atoms with Gasteiger partial charge in [0.15, 0.2) is 5.96 Å². The third-order valence-corrected chi connectivity index (χ3v) is 5.40. The zero-order chi connectivity index (χ0) is 16.7. The number of hydrogen-bond donors (Lipinski definition) is 2. The Morgan fingerprint density at radius 3 is 2.79 bits per heavy atom. The fourth-order valence-electron chi connectivity index (χ4n) is 3.11. The van der Waals surface area contributed by atoms with Crippen LogP contribution in [0.25, 0.3) is 0 Å². The number of aliphatic imine (C=N–C) groups is 1. The van der Waals surface area contributed by atoms with E-state index in [9.17, 15) is 0 Å². The van der Waals surface area contributed by atoms with E-state index in [-0.39, 0.29) is 24.0 Å². The van der Waals surface area contributed by atoms with Gasteiger partial charge in [-0.1, -0.05) is 0 Å². The van der Waals surface area contributed by atoms with Crippen LogP contribution in [-0.2, 0) is 6.54 Å². The van der Waals surface area contributed by atoms with E-state index in [1.165, 1.54) is 25.0 Å². The van der Waals surface area contributed by atoms with E-state index in [0.717, 1.165) is 43.0 Å². The summed E-state index contributed by atoms with van der Waals surface area (Å²) in [7, 11) is 0. The molecular weight excluding hydrogens is 433 g/mol. The first-order chi connectivity index (χ1) is 11.1. The van der Waals surface area contributed by atoms with Crippen molar-refractivity contribution in [3.8, 4) is 0 Å². The van der Waals surface area contributed by atoms with Crippen molar-refractivity contribution in [3.05, 3.63) is 17.5 Å². The molecular formula is C17H32IN5S. The van der Waals surface area contributed by atoms with Crippen LogP contribution in [0.5, 0.6) is 0 Å². The van der Waals surface area contributed by atoms with Gasteiger partial charge in [0.2, 0.25) is 0 Å². The summed E-state index contributed by atoms with van der Waals surface area (Å²) in [5.41, 5.74) is 2.32. The van der Waals surface area contributed by atoms with Crippen molar-refractivity contribution in [2.24, 2.45) is 4.99 Å². The molecule has 1 heterocycles. The summed E-state index contributed by atoms with van der Waals surface area (Å²) < 4.78 is 2.07. The van der Waals surface area contributed by atoms with E-state index in [2.05, 4.69) is 46.6 Å². The minimum Gasteiger partial charge on any atom is -0.357 e. The lowest BCUT2D eigenvalue weighted by molar-refractivity contribution is 0.564. The molecule has 2 N–H and O–H groups in total. The standard InChI is InChI=1S/C17H31N5S.HI/c1-5-18-17(20-15-7-8-16(12-15)23-4)19-9-6-10-22-14(3)11-13(2)21-22;/h11,15-16H,5-10,12H2,1-4H3,(H2,18,19,20);1H. The monoisotopic (exact) mass is 465 g/mol. The van der Waals surface area contributed by atoms with Gasteiger partial charge in [0.25, 0.3) is 0 Å². The summed E-state index contributed by atoms with van der Waals surface area (Å²) in [6, 6.07) is 2.69. The average molecular weight is 465 g/mol. The highest BCUT2D eigenvalue weighted by Gasteiger charge is 2.24. The Kier molecular flexibility index (Phi) is 10.1. The highest BCUT2D eigenvalue weighted by molar-refractivity contribution is 14.0. The van der Waals surface area contributed by atoms with Gasteiger partial charge >= 0.3 is 0 Å². The number of aryl methyl sites for hydroxylation is 3. The second-order valence-corrected chi connectivity index (χ2v) is 7.41. The second kappa shape index (κ2) is 11.2. The highest BCUT2D eigenvalue weighted by atomic mass is 127. The van der Waals surface area contributed by atoms with Crippen LogP contribution in [0.3, 0.4) is 0 Å². The second-order valence-electron chi connectivity index (χ2n) is 6.28. The maximum atomic E-state index is 4.73. The average Bonchev–Trinajstić information content (AvgIpc) is 3.10. The van der Waals surface area contributed by atoms with Crippen molar-refractivity contribution in [3.63, 3.8) is 0 Å². The molecule has 1 fully saturated rings. The number of halogens is 1. The van der Waals surface area contributed by atoms with E-state index in [4.69, 9.17) is 4.99 Å². The van der Waals surface area contributed by atoms with Crippen molar-refractivity contribution in [1.82, 2.24) is 20.4 Å². The summed E-state index contributed by atoms with van der Waals surface area (Å²) in [5, 5.41) is 12.3. The van der Waals surface area contributed by atoms with Gasteiger partial charge < -0.3 is 10.6 Å². The van der Waals surface area contributed by atoms with Crippen molar-refractivity contribution >= 4 is 41.7 Å². The van der Waals surface area contributed by atoms with Crippen LogP contribution in [0.2, 0.25) is 0 Å². The molecule has 0 aromatic carbocycles. The minimum atomic E-state index is 0. The quantitative estimate of drug-likeness (QED) is 0.281. The molecule has 0 aliphatic heterocycles. The van der Waals surface area contributed by atoms with Crippen molar-refractivity contribution < 1.29 is 0 Å². The summed E-state index contributed by atoms with van der Waals surface area (Å²) in [6.45, 7) is 8.93. The van der Waals surface area contributed by atoms with Crippen LogP contribution in [0, 0.1) is 13.8 Å². The van der Waals surface area contributed by atoms with E-state index in [0.29, 0.717) is 6.04 Å². The minimum absolute atomic E-state index is 0. The van der Waals surface area contributed by atoms with E-state index in [1.807, 2.05) is 18.7 Å². The van der Waals surface area contributed by atoms with Crippen LogP contribution in [0.15, 0.2) is 11.1 Å². The third-order valence-electron chi connectivity index (χ3n) is 4.30. The lowest BCUT2D eigenvalue weighted by Crippen LogP contribution is -2.42. The van der Waals surface area contributed by atoms with Gasteiger partial charge in [0, 0.05) is 36.6 Å². The Balaban J connectivity index is 0.00000288. The number of thioether (sulfide) groups is 1. The van der Waals surface area contributed by atoms with Gasteiger partial charge in [-0.3, -0.25) is 9.67 Å². The van der Waals surface area contributed by atoms with Gasteiger partial charge in [-0.15, -0.1) is 24.0 Å². The first-order valence-electron chi connectivity index (χ1n) is 8.71. The van der Waals surface area contributed by atoms with E-state index >= 15 is 0 Å². The van der Waals surface area contributed by atoms with Crippen LogP contribution < -0.4 is 10.6 Å². The van der Waals surface area contributed by atoms with Gasteiger partial charge in [0.05, 0.1) is 5.69 Å². The van der Waals surface area contributed by atoms with Crippen molar-refractivity contribution in [2.45, 2.75) is 64.3 Å². The SMILES string of the molecule is CCNC(=NCCCn1nc(C)cc1C)NC1CCC(SC)C1.I. The molecule has 1 aromatic rings. The number of aromatic nitrogens is 2. The third kappa shape index (κ3) is 6.82. The number of nitrogens with zero attached hydrogens (tertiary/aromatic N) is 3. The summed E-state index contributed by atoms with van der Waals surface area (Å²) >= 11 is 1.99. The van der Waals surface area contributed by atoms with Crippen LogP contribution in [0.4, 0.5) is 0 Å². The first kappa shape index (κ1) is 21.6. The summed E-state index contributed by atoms with van der Waals surface area (Å²) in [5.74, 6) is 0.965. The molecule has 138 valence electrons.